The van der Waals surface area contributed by atoms with Crippen molar-refractivity contribution in [2.24, 2.45) is 11.7 Å². The van der Waals surface area contributed by atoms with Crippen LogP contribution in [0.15, 0.2) is 30.3 Å². The first kappa shape index (κ1) is 21.4. The fourth-order valence-corrected chi connectivity index (χ4v) is 3.33. The molecule has 0 saturated carbocycles. The molecule has 0 aliphatic carbocycles. The van der Waals surface area contributed by atoms with E-state index in [1.807, 2.05) is 44.2 Å². The summed E-state index contributed by atoms with van der Waals surface area (Å²) < 4.78 is 5.47. The standard InChI is InChI=1S/C21H33N3O3/c1-16(2)27-15-7-12-23-19(25)17-10-13-24(14-11-17)20(26)21(3,22)18-8-5-4-6-9-18/h4-6,8-9,16-17H,7,10-15,22H2,1-3H3,(H,23,25). The number of rotatable bonds is 8. The van der Waals surface area contributed by atoms with Gasteiger partial charge >= 0.3 is 0 Å². The number of amides is 2. The van der Waals surface area contributed by atoms with Crippen LogP contribution in [0.5, 0.6) is 0 Å². The number of likely N-dealkylation sites (tertiary alicyclic amines) is 1. The van der Waals surface area contributed by atoms with E-state index in [9.17, 15) is 9.59 Å². The monoisotopic (exact) mass is 375 g/mol. The first-order valence-electron chi connectivity index (χ1n) is 9.85. The third kappa shape index (κ3) is 6.04. The molecular formula is C21H33N3O3. The Hall–Kier alpha value is -1.92. The quantitative estimate of drug-likeness (QED) is 0.681. The highest BCUT2D eigenvalue weighted by Gasteiger charge is 2.36. The number of nitrogens with zero attached hydrogens (tertiary/aromatic N) is 1. The lowest BCUT2D eigenvalue weighted by Crippen LogP contribution is -2.53. The molecule has 1 atom stereocenters. The van der Waals surface area contributed by atoms with Crippen LogP contribution in [0.4, 0.5) is 0 Å². The van der Waals surface area contributed by atoms with E-state index in [1.165, 1.54) is 0 Å². The molecule has 1 unspecified atom stereocenters. The van der Waals surface area contributed by atoms with Gasteiger partial charge in [0.25, 0.3) is 0 Å². The molecule has 1 aliphatic heterocycles. The third-order valence-corrected chi connectivity index (χ3v) is 5.04. The molecular weight excluding hydrogens is 342 g/mol. The van der Waals surface area contributed by atoms with E-state index in [0.29, 0.717) is 39.1 Å². The zero-order chi connectivity index (χ0) is 19.9. The van der Waals surface area contributed by atoms with Crippen molar-refractivity contribution in [3.8, 4) is 0 Å². The number of hydrogen-bond donors (Lipinski definition) is 2. The summed E-state index contributed by atoms with van der Waals surface area (Å²) in [5, 5.41) is 2.98. The summed E-state index contributed by atoms with van der Waals surface area (Å²) in [4.78, 5) is 27.0. The molecule has 6 nitrogen and oxygen atoms in total. The Balaban J connectivity index is 1.77. The molecule has 0 radical (unpaired) electrons. The Kier molecular flexibility index (Phi) is 7.80. The lowest BCUT2D eigenvalue weighted by molar-refractivity contribution is -0.140. The van der Waals surface area contributed by atoms with Crippen LogP contribution in [0.25, 0.3) is 0 Å². The fraction of sp³-hybridized carbons (Fsp3) is 0.619. The maximum atomic E-state index is 12.9. The van der Waals surface area contributed by atoms with Gasteiger partial charge in [-0.15, -0.1) is 0 Å². The van der Waals surface area contributed by atoms with Crippen molar-refractivity contribution in [2.45, 2.75) is 51.7 Å². The van der Waals surface area contributed by atoms with Gasteiger partial charge in [0.05, 0.1) is 6.10 Å². The van der Waals surface area contributed by atoms with Crippen LogP contribution in [0, 0.1) is 5.92 Å². The number of carbonyl (C=O) groups is 2. The SMILES string of the molecule is CC(C)OCCCNC(=O)C1CCN(C(=O)C(C)(N)c2ccccc2)CC1. The van der Waals surface area contributed by atoms with Gasteiger partial charge < -0.3 is 20.7 Å². The van der Waals surface area contributed by atoms with Crippen LogP contribution in [-0.2, 0) is 19.9 Å². The minimum atomic E-state index is -1.05. The summed E-state index contributed by atoms with van der Waals surface area (Å²) in [6, 6.07) is 9.43. The van der Waals surface area contributed by atoms with Crippen LogP contribution >= 0.6 is 0 Å². The molecule has 150 valence electrons. The molecule has 1 saturated heterocycles. The number of benzene rings is 1. The van der Waals surface area contributed by atoms with Gasteiger partial charge in [0.2, 0.25) is 11.8 Å². The predicted octanol–water partition coefficient (Wildman–Crippen LogP) is 2.03. The van der Waals surface area contributed by atoms with Crippen LogP contribution in [0.1, 0.15) is 45.6 Å². The average molecular weight is 376 g/mol. The van der Waals surface area contributed by atoms with Crippen molar-refractivity contribution >= 4 is 11.8 Å². The molecule has 1 aromatic carbocycles. The Morgan fingerprint density at radius 3 is 2.48 bits per heavy atom. The van der Waals surface area contributed by atoms with Crippen LogP contribution < -0.4 is 11.1 Å². The lowest BCUT2D eigenvalue weighted by atomic mass is 9.89. The number of ether oxygens (including phenoxy) is 1. The molecule has 0 bridgehead atoms. The maximum absolute atomic E-state index is 12.9. The summed E-state index contributed by atoms with van der Waals surface area (Å²) in [5.74, 6) is -0.0515. The van der Waals surface area contributed by atoms with Gasteiger partial charge in [-0.3, -0.25) is 9.59 Å². The Morgan fingerprint density at radius 1 is 1.26 bits per heavy atom. The minimum absolute atomic E-state index is 0.0409. The number of piperidine rings is 1. The largest absolute Gasteiger partial charge is 0.379 e. The van der Waals surface area contributed by atoms with Gasteiger partial charge in [-0.1, -0.05) is 30.3 Å². The Labute approximate surface area is 162 Å². The second kappa shape index (κ2) is 9.85. The van der Waals surface area contributed by atoms with Gasteiger partial charge in [-0.25, -0.2) is 0 Å². The molecule has 1 fully saturated rings. The van der Waals surface area contributed by atoms with Crippen molar-refractivity contribution in [2.75, 3.05) is 26.2 Å². The van der Waals surface area contributed by atoms with Crippen molar-refractivity contribution in [1.82, 2.24) is 10.2 Å². The second-order valence-electron chi connectivity index (χ2n) is 7.70. The van der Waals surface area contributed by atoms with E-state index >= 15 is 0 Å². The molecule has 6 heteroatoms. The molecule has 3 N–H and O–H groups in total. The maximum Gasteiger partial charge on any atom is 0.246 e. The molecule has 0 spiro atoms. The predicted molar refractivity (Wildman–Crippen MR) is 106 cm³/mol. The van der Waals surface area contributed by atoms with Gasteiger partial charge in [0.1, 0.15) is 5.54 Å². The highest BCUT2D eigenvalue weighted by molar-refractivity contribution is 5.87. The lowest BCUT2D eigenvalue weighted by Gasteiger charge is -2.36. The molecule has 27 heavy (non-hydrogen) atoms. The van der Waals surface area contributed by atoms with Crippen molar-refractivity contribution in [1.29, 1.82) is 0 Å². The highest BCUT2D eigenvalue weighted by atomic mass is 16.5. The minimum Gasteiger partial charge on any atom is -0.379 e. The fourth-order valence-electron chi connectivity index (χ4n) is 3.33. The molecule has 2 rings (SSSR count). The van der Waals surface area contributed by atoms with E-state index in [4.69, 9.17) is 10.5 Å². The molecule has 0 aromatic heterocycles. The van der Waals surface area contributed by atoms with Gasteiger partial charge in [-0.05, 0) is 45.6 Å². The second-order valence-corrected chi connectivity index (χ2v) is 7.70. The number of hydrogen-bond acceptors (Lipinski definition) is 4. The normalized spacial score (nSPS) is 17.6. The smallest absolute Gasteiger partial charge is 0.246 e. The van der Waals surface area contributed by atoms with E-state index < -0.39 is 5.54 Å². The summed E-state index contributed by atoms with van der Waals surface area (Å²) in [6.07, 6.45) is 2.37. The van der Waals surface area contributed by atoms with Gasteiger partial charge in [-0.2, -0.15) is 0 Å². The topological polar surface area (TPSA) is 84.7 Å². The van der Waals surface area contributed by atoms with Crippen LogP contribution in [0.2, 0.25) is 0 Å². The average Bonchev–Trinajstić information content (AvgIpc) is 2.67. The molecule has 1 aromatic rings. The van der Waals surface area contributed by atoms with Crippen molar-refractivity contribution in [3.05, 3.63) is 35.9 Å². The highest BCUT2D eigenvalue weighted by Crippen LogP contribution is 2.24. The molecule has 1 aliphatic rings. The number of nitrogens with two attached hydrogens (primary N) is 1. The van der Waals surface area contributed by atoms with Crippen molar-refractivity contribution in [3.63, 3.8) is 0 Å². The number of carbonyl (C=O) groups excluding carboxylic acids is 2. The summed E-state index contributed by atoms with van der Waals surface area (Å²) in [5.41, 5.74) is 6.10. The Bertz CT molecular complexity index is 608. The summed E-state index contributed by atoms with van der Waals surface area (Å²) in [6.45, 7) is 8.15. The zero-order valence-corrected chi connectivity index (χ0v) is 16.7. The number of nitrogens with one attached hydrogen (secondary N) is 1. The van der Waals surface area contributed by atoms with E-state index in [2.05, 4.69) is 5.32 Å². The zero-order valence-electron chi connectivity index (χ0n) is 16.7. The van der Waals surface area contributed by atoms with E-state index in [0.717, 1.165) is 12.0 Å². The third-order valence-electron chi connectivity index (χ3n) is 5.04. The first-order valence-corrected chi connectivity index (χ1v) is 9.85. The van der Waals surface area contributed by atoms with Crippen LogP contribution in [-0.4, -0.2) is 49.1 Å². The van der Waals surface area contributed by atoms with Gasteiger partial charge in [0, 0.05) is 32.2 Å². The molecule has 1 heterocycles. The summed E-state index contributed by atoms with van der Waals surface area (Å²) >= 11 is 0. The van der Waals surface area contributed by atoms with Gasteiger partial charge in [0.15, 0.2) is 0 Å². The van der Waals surface area contributed by atoms with E-state index in [-0.39, 0.29) is 23.8 Å². The Morgan fingerprint density at radius 2 is 1.89 bits per heavy atom. The van der Waals surface area contributed by atoms with E-state index in [1.54, 1.807) is 11.8 Å². The van der Waals surface area contributed by atoms with Crippen LogP contribution in [0.3, 0.4) is 0 Å². The van der Waals surface area contributed by atoms with Crippen molar-refractivity contribution < 1.29 is 14.3 Å². The molecule has 2 amide bonds. The first-order chi connectivity index (χ1) is 12.8. The summed E-state index contributed by atoms with van der Waals surface area (Å²) in [7, 11) is 0.